The number of para-hydroxylation sites is 1. The van der Waals surface area contributed by atoms with Gasteiger partial charge in [-0.2, -0.15) is 5.10 Å². The Hall–Kier alpha value is -3.46. The first-order chi connectivity index (χ1) is 14.5. The van der Waals surface area contributed by atoms with Crippen LogP contribution >= 0.6 is 11.8 Å². The van der Waals surface area contributed by atoms with E-state index >= 15 is 0 Å². The number of rotatable bonds is 6. The number of anilines is 1. The Labute approximate surface area is 177 Å². The van der Waals surface area contributed by atoms with Crippen LogP contribution in [0.4, 0.5) is 5.69 Å². The Balaban J connectivity index is 1.46. The van der Waals surface area contributed by atoms with E-state index in [-0.39, 0.29) is 5.91 Å². The molecule has 30 heavy (non-hydrogen) atoms. The van der Waals surface area contributed by atoms with Crippen LogP contribution in [0, 0.1) is 13.8 Å². The Kier molecular flexibility index (Phi) is 5.62. The van der Waals surface area contributed by atoms with Crippen molar-refractivity contribution < 1.29 is 9.21 Å². The molecule has 0 aliphatic carbocycles. The molecule has 9 heteroatoms. The first kappa shape index (κ1) is 19.8. The second-order valence-corrected chi connectivity index (χ2v) is 7.94. The van der Waals surface area contributed by atoms with Crippen LogP contribution in [0.2, 0.25) is 0 Å². The van der Waals surface area contributed by atoms with Crippen LogP contribution in [0.25, 0.3) is 17.1 Å². The molecule has 0 bridgehead atoms. The van der Waals surface area contributed by atoms with Crippen molar-refractivity contribution in [3.8, 4) is 17.1 Å². The first-order valence-electron chi connectivity index (χ1n) is 9.36. The van der Waals surface area contributed by atoms with Gasteiger partial charge in [0.15, 0.2) is 0 Å². The van der Waals surface area contributed by atoms with Crippen LogP contribution < -0.4 is 5.32 Å². The van der Waals surface area contributed by atoms with E-state index in [1.807, 2.05) is 48.9 Å². The van der Waals surface area contributed by atoms with E-state index in [1.54, 1.807) is 31.5 Å². The van der Waals surface area contributed by atoms with E-state index < -0.39 is 5.25 Å². The lowest BCUT2D eigenvalue weighted by Crippen LogP contribution is -2.23. The summed E-state index contributed by atoms with van der Waals surface area (Å²) in [6, 6.07) is 13.4. The summed E-state index contributed by atoms with van der Waals surface area (Å²) in [5.74, 6) is 0.228. The summed E-state index contributed by atoms with van der Waals surface area (Å²) in [7, 11) is 0. The molecule has 3 heterocycles. The molecule has 0 aliphatic rings. The summed E-state index contributed by atoms with van der Waals surface area (Å²) in [5, 5.41) is 15.5. The smallest absolute Gasteiger partial charge is 0.277 e. The highest BCUT2D eigenvalue weighted by Gasteiger charge is 2.22. The van der Waals surface area contributed by atoms with Crippen molar-refractivity contribution in [2.24, 2.45) is 0 Å². The summed E-state index contributed by atoms with van der Waals surface area (Å²) in [5.41, 5.74) is 4.04. The van der Waals surface area contributed by atoms with Gasteiger partial charge in [-0.3, -0.25) is 9.78 Å². The highest BCUT2D eigenvalue weighted by Crippen LogP contribution is 2.28. The third-order valence-electron chi connectivity index (χ3n) is 4.52. The molecule has 152 valence electrons. The monoisotopic (exact) mass is 420 g/mol. The molecule has 0 saturated carbocycles. The standard InChI is InChI=1S/C21H20N6O2S/c1-13-18(14(2)27(26-13)17-7-5-4-6-8-17)23-19(28)15(3)30-21-25-24-20(29-21)16-9-11-22-12-10-16/h4-12,15H,1-3H3,(H,23,28). The van der Waals surface area contributed by atoms with Crippen LogP contribution in [-0.4, -0.2) is 36.1 Å². The maximum absolute atomic E-state index is 12.8. The van der Waals surface area contributed by atoms with Crippen molar-refractivity contribution in [3.05, 3.63) is 66.2 Å². The number of hydrogen-bond acceptors (Lipinski definition) is 7. The van der Waals surface area contributed by atoms with Gasteiger partial charge in [-0.1, -0.05) is 30.0 Å². The molecule has 0 fully saturated rings. The number of nitrogens with zero attached hydrogens (tertiary/aromatic N) is 5. The molecular formula is C21H20N6O2S. The number of pyridine rings is 1. The molecule has 1 N–H and O–H groups in total. The van der Waals surface area contributed by atoms with Gasteiger partial charge in [0.25, 0.3) is 5.22 Å². The van der Waals surface area contributed by atoms with Crippen LogP contribution in [-0.2, 0) is 4.79 Å². The molecule has 0 radical (unpaired) electrons. The summed E-state index contributed by atoms with van der Waals surface area (Å²) >= 11 is 1.21. The van der Waals surface area contributed by atoms with Gasteiger partial charge in [-0.05, 0) is 45.0 Å². The third kappa shape index (κ3) is 4.11. The van der Waals surface area contributed by atoms with E-state index in [0.29, 0.717) is 16.8 Å². The third-order valence-corrected chi connectivity index (χ3v) is 5.46. The van der Waals surface area contributed by atoms with Crippen molar-refractivity contribution in [1.82, 2.24) is 25.0 Å². The summed E-state index contributed by atoms with van der Waals surface area (Å²) < 4.78 is 7.49. The van der Waals surface area contributed by atoms with Crippen molar-refractivity contribution in [1.29, 1.82) is 0 Å². The molecule has 1 atom stereocenters. The normalized spacial score (nSPS) is 12.0. The Morgan fingerprint density at radius 3 is 2.57 bits per heavy atom. The predicted molar refractivity (Wildman–Crippen MR) is 115 cm³/mol. The molecule has 0 spiro atoms. The molecule has 0 saturated heterocycles. The Bertz CT molecular complexity index is 1160. The van der Waals surface area contributed by atoms with Gasteiger partial charge in [-0.25, -0.2) is 4.68 Å². The summed E-state index contributed by atoms with van der Waals surface area (Å²) in [6.07, 6.45) is 3.31. The predicted octanol–water partition coefficient (Wildman–Crippen LogP) is 4.05. The first-order valence-corrected chi connectivity index (χ1v) is 10.2. The van der Waals surface area contributed by atoms with Gasteiger partial charge in [0.05, 0.1) is 28.0 Å². The fourth-order valence-corrected chi connectivity index (χ4v) is 3.63. The van der Waals surface area contributed by atoms with Gasteiger partial charge in [0, 0.05) is 18.0 Å². The van der Waals surface area contributed by atoms with Crippen molar-refractivity contribution in [3.63, 3.8) is 0 Å². The van der Waals surface area contributed by atoms with Crippen LogP contribution in [0.3, 0.4) is 0 Å². The number of carbonyl (C=O) groups is 1. The van der Waals surface area contributed by atoms with E-state index in [4.69, 9.17) is 4.42 Å². The summed E-state index contributed by atoms with van der Waals surface area (Å²) in [4.78, 5) is 16.7. The van der Waals surface area contributed by atoms with Crippen molar-refractivity contribution >= 4 is 23.4 Å². The minimum absolute atomic E-state index is 0.164. The number of amides is 1. The molecule has 3 aromatic heterocycles. The fraction of sp³-hybridized carbons (Fsp3) is 0.190. The highest BCUT2D eigenvalue weighted by atomic mass is 32.2. The van der Waals surface area contributed by atoms with Gasteiger partial charge >= 0.3 is 0 Å². The average Bonchev–Trinajstić information content (AvgIpc) is 3.35. The van der Waals surface area contributed by atoms with Crippen LogP contribution in [0.15, 0.2) is 64.5 Å². The second-order valence-electron chi connectivity index (χ2n) is 6.65. The minimum atomic E-state index is -0.436. The van der Waals surface area contributed by atoms with E-state index in [9.17, 15) is 4.79 Å². The largest absolute Gasteiger partial charge is 0.411 e. The van der Waals surface area contributed by atoms with Gasteiger partial charge in [0.2, 0.25) is 11.8 Å². The van der Waals surface area contributed by atoms with Gasteiger partial charge in [0.1, 0.15) is 0 Å². The van der Waals surface area contributed by atoms with Crippen molar-refractivity contribution in [2.75, 3.05) is 5.32 Å². The Morgan fingerprint density at radius 1 is 1.10 bits per heavy atom. The molecule has 1 amide bonds. The fourth-order valence-electron chi connectivity index (χ4n) is 2.94. The Morgan fingerprint density at radius 2 is 1.83 bits per heavy atom. The number of aromatic nitrogens is 5. The lowest BCUT2D eigenvalue weighted by Gasteiger charge is -2.10. The molecule has 8 nitrogen and oxygen atoms in total. The number of hydrogen-bond donors (Lipinski definition) is 1. The SMILES string of the molecule is Cc1nn(-c2ccccc2)c(C)c1NC(=O)C(C)Sc1nnc(-c2ccncc2)o1. The number of benzene rings is 1. The van der Waals surface area contributed by atoms with Gasteiger partial charge in [-0.15, -0.1) is 10.2 Å². The lowest BCUT2D eigenvalue weighted by molar-refractivity contribution is -0.115. The molecule has 4 rings (SSSR count). The maximum atomic E-state index is 12.8. The summed E-state index contributed by atoms with van der Waals surface area (Å²) in [6.45, 7) is 5.60. The van der Waals surface area contributed by atoms with Crippen LogP contribution in [0.5, 0.6) is 0 Å². The topological polar surface area (TPSA) is 98.7 Å². The van der Waals surface area contributed by atoms with E-state index in [1.165, 1.54) is 11.8 Å². The number of aryl methyl sites for hydroxylation is 1. The average molecular weight is 420 g/mol. The van der Waals surface area contributed by atoms with Crippen molar-refractivity contribution in [2.45, 2.75) is 31.2 Å². The second kappa shape index (κ2) is 8.50. The van der Waals surface area contributed by atoms with Gasteiger partial charge < -0.3 is 9.73 Å². The quantitative estimate of drug-likeness (QED) is 0.470. The number of thioether (sulfide) groups is 1. The molecule has 0 aliphatic heterocycles. The zero-order valence-corrected chi connectivity index (χ0v) is 17.6. The minimum Gasteiger partial charge on any atom is -0.411 e. The zero-order valence-electron chi connectivity index (χ0n) is 16.7. The molecular weight excluding hydrogens is 400 g/mol. The highest BCUT2D eigenvalue weighted by molar-refractivity contribution is 8.00. The number of nitrogens with one attached hydrogen (secondary N) is 1. The molecule has 1 unspecified atom stereocenters. The zero-order chi connectivity index (χ0) is 21.1. The molecule has 1 aromatic carbocycles. The lowest BCUT2D eigenvalue weighted by atomic mass is 10.3. The maximum Gasteiger partial charge on any atom is 0.277 e. The molecule has 4 aromatic rings. The van der Waals surface area contributed by atoms with E-state index in [2.05, 4.69) is 25.6 Å². The number of carbonyl (C=O) groups excluding carboxylic acids is 1. The van der Waals surface area contributed by atoms with Crippen LogP contribution in [0.1, 0.15) is 18.3 Å². The van der Waals surface area contributed by atoms with E-state index in [0.717, 1.165) is 22.6 Å².